The zero-order valence-electron chi connectivity index (χ0n) is 15.0. The second kappa shape index (κ2) is 15.3. The monoisotopic (exact) mass is 360 g/mol. The van der Waals surface area contributed by atoms with E-state index in [-0.39, 0.29) is 5.78 Å². The van der Waals surface area contributed by atoms with Gasteiger partial charge in [0, 0.05) is 6.42 Å². The highest BCUT2D eigenvalue weighted by Crippen LogP contribution is 2.23. The fourth-order valence-corrected chi connectivity index (χ4v) is 2.51. The molecular weight excluding hydrogens is 327 g/mol. The van der Waals surface area contributed by atoms with Gasteiger partial charge in [-0.2, -0.15) is 0 Å². The van der Waals surface area contributed by atoms with Crippen molar-refractivity contribution in [3.05, 3.63) is 24.3 Å². The van der Waals surface area contributed by atoms with E-state index in [9.17, 15) is 4.79 Å². The first kappa shape index (κ1) is 22.7. The molecular formula is C20H34Cl2O. The van der Waals surface area contributed by atoms with Crippen molar-refractivity contribution in [2.24, 2.45) is 0 Å². The number of carbonyl (C=O) groups excluding carboxylic acids is 1. The minimum Gasteiger partial charge on any atom is -0.296 e. The molecule has 0 aliphatic rings. The SMILES string of the molecule is CCCCC/C=C\C/C=C\CCCCCCCC(=O)C(C)(Cl)Cl. The molecule has 3 heteroatoms. The number of Topliss-reactive ketones (excluding diaryl/α,β-unsaturated/α-hetero) is 1. The van der Waals surface area contributed by atoms with E-state index in [1.807, 2.05) is 0 Å². The number of hydrogen-bond acceptors (Lipinski definition) is 1. The predicted octanol–water partition coefficient (Wildman–Crippen LogP) is 7.56. The molecule has 0 aromatic heterocycles. The van der Waals surface area contributed by atoms with E-state index in [0.29, 0.717) is 6.42 Å². The Kier molecular flexibility index (Phi) is 15.1. The van der Waals surface area contributed by atoms with Gasteiger partial charge in [0.2, 0.25) is 0 Å². The van der Waals surface area contributed by atoms with Crippen molar-refractivity contribution in [3.63, 3.8) is 0 Å². The minimum atomic E-state index is -1.21. The molecule has 0 N–H and O–H groups in total. The van der Waals surface area contributed by atoms with Crippen molar-refractivity contribution in [1.82, 2.24) is 0 Å². The van der Waals surface area contributed by atoms with Gasteiger partial charge in [0.1, 0.15) is 0 Å². The minimum absolute atomic E-state index is 0.0634. The molecule has 0 saturated heterocycles. The van der Waals surface area contributed by atoms with Crippen molar-refractivity contribution < 1.29 is 4.79 Å². The average molecular weight is 361 g/mol. The molecule has 0 heterocycles. The molecule has 0 spiro atoms. The van der Waals surface area contributed by atoms with Crippen LogP contribution >= 0.6 is 23.2 Å². The summed E-state index contributed by atoms with van der Waals surface area (Å²) in [7, 11) is 0. The lowest BCUT2D eigenvalue weighted by Gasteiger charge is -2.10. The molecule has 23 heavy (non-hydrogen) atoms. The van der Waals surface area contributed by atoms with E-state index < -0.39 is 4.33 Å². The van der Waals surface area contributed by atoms with Crippen LogP contribution in [0, 0.1) is 0 Å². The number of ketones is 1. The van der Waals surface area contributed by atoms with Gasteiger partial charge in [-0.15, -0.1) is 0 Å². The van der Waals surface area contributed by atoms with E-state index in [4.69, 9.17) is 23.2 Å². The number of allylic oxidation sites excluding steroid dienone is 4. The van der Waals surface area contributed by atoms with Crippen LogP contribution in [0.15, 0.2) is 24.3 Å². The Morgan fingerprint density at radius 2 is 1.35 bits per heavy atom. The molecule has 0 aromatic rings. The summed E-state index contributed by atoms with van der Waals surface area (Å²) in [5.41, 5.74) is 0. The lowest BCUT2D eigenvalue weighted by Crippen LogP contribution is -2.21. The quantitative estimate of drug-likeness (QED) is 0.167. The zero-order valence-corrected chi connectivity index (χ0v) is 16.5. The van der Waals surface area contributed by atoms with Gasteiger partial charge in [0.15, 0.2) is 10.1 Å². The Morgan fingerprint density at radius 3 is 1.91 bits per heavy atom. The summed E-state index contributed by atoms with van der Waals surface area (Å²) in [6.07, 6.45) is 22.6. The summed E-state index contributed by atoms with van der Waals surface area (Å²) in [4.78, 5) is 11.5. The Morgan fingerprint density at radius 1 is 0.826 bits per heavy atom. The number of rotatable bonds is 15. The normalized spacial score (nSPS) is 12.5. The first-order valence-electron chi connectivity index (χ1n) is 9.19. The van der Waals surface area contributed by atoms with E-state index in [2.05, 4.69) is 31.2 Å². The summed E-state index contributed by atoms with van der Waals surface area (Å²) in [5.74, 6) is -0.0634. The van der Waals surface area contributed by atoms with Crippen molar-refractivity contribution in [2.45, 2.75) is 95.2 Å². The van der Waals surface area contributed by atoms with Gasteiger partial charge in [-0.3, -0.25) is 4.79 Å². The molecule has 0 bridgehead atoms. The van der Waals surface area contributed by atoms with Crippen LogP contribution in [0.1, 0.15) is 90.9 Å². The van der Waals surface area contributed by atoms with Crippen molar-refractivity contribution in [1.29, 1.82) is 0 Å². The number of carbonyl (C=O) groups is 1. The van der Waals surface area contributed by atoms with Gasteiger partial charge >= 0.3 is 0 Å². The molecule has 0 rings (SSSR count). The third kappa shape index (κ3) is 16.4. The van der Waals surface area contributed by atoms with Crippen LogP contribution < -0.4 is 0 Å². The molecule has 0 amide bonds. The van der Waals surface area contributed by atoms with Crippen LogP contribution in [0.25, 0.3) is 0 Å². The topological polar surface area (TPSA) is 17.1 Å². The molecule has 0 aliphatic heterocycles. The van der Waals surface area contributed by atoms with E-state index in [1.165, 1.54) is 44.9 Å². The molecule has 0 atom stereocenters. The maximum absolute atomic E-state index is 11.5. The fraction of sp³-hybridized carbons (Fsp3) is 0.750. The Hall–Kier alpha value is -0.270. The smallest absolute Gasteiger partial charge is 0.173 e. The summed E-state index contributed by atoms with van der Waals surface area (Å²) in [6, 6.07) is 0. The lowest BCUT2D eigenvalue weighted by atomic mass is 10.1. The van der Waals surface area contributed by atoms with Crippen LogP contribution in [0.2, 0.25) is 0 Å². The summed E-state index contributed by atoms with van der Waals surface area (Å²) >= 11 is 11.5. The highest BCUT2D eigenvalue weighted by molar-refractivity contribution is 6.57. The molecule has 0 unspecified atom stereocenters. The largest absolute Gasteiger partial charge is 0.296 e. The van der Waals surface area contributed by atoms with Gasteiger partial charge in [0.25, 0.3) is 0 Å². The van der Waals surface area contributed by atoms with Gasteiger partial charge in [-0.1, -0.05) is 86.5 Å². The van der Waals surface area contributed by atoms with Gasteiger partial charge < -0.3 is 0 Å². The second-order valence-corrected chi connectivity index (χ2v) is 8.00. The highest BCUT2D eigenvalue weighted by Gasteiger charge is 2.25. The predicted molar refractivity (Wildman–Crippen MR) is 104 cm³/mol. The number of unbranched alkanes of at least 4 members (excludes halogenated alkanes) is 8. The van der Waals surface area contributed by atoms with Crippen LogP contribution in [-0.2, 0) is 4.79 Å². The van der Waals surface area contributed by atoms with Gasteiger partial charge in [0.05, 0.1) is 0 Å². The first-order chi connectivity index (χ1) is 11.0. The number of halogens is 2. The van der Waals surface area contributed by atoms with Crippen molar-refractivity contribution in [3.8, 4) is 0 Å². The standard InChI is InChI=1S/C20H34Cl2O/c1-3-4-5-6-7-8-9-10-11-12-13-14-15-16-17-18-19(23)20(2,21)22/h7-8,10-11H,3-6,9,12-18H2,1-2H3/b8-7-,11-10-. The molecule has 0 saturated carbocycles. The third-order valence-electron chi connectivity index (χ3n) is 3.84. The van der Waals surface area contributed by atoms with Crippen LogP contribution in [0.4, 0.5) is 0 Å². The van der Waals surface area contributed by atoms with E-state index >= 15 is 0 Å². The Labute approximate surface area is 153 Å². The zero-order chi connectivity index (χ0) is 17.4. The summed E-state index contributed by atoms with van der Waals surface area (Å²) in [6.45, 7) is 3.78. The second-order valence-electron chi connectivity index (χ2n) is 6.29. The maximum atomic E-state index is 11.5. The van der Waals surface area contributed by atoms with E-state index in [0.717, 1.165) is 25.7 Å². The number of hydrogen-bond donors (Lipinski definition) is 0. The van der Waals surface area contributed by atoms with Crippen LogP contribution in [0.3, 0.4) is 0 Å². The van der Waals surface area contributed by atoms with Crippen molar-refractivity contribution in [2.75, 3.05) is 0 Å². The van der Waals surface area contributed by atoms with Crippen molar-refractivity contribution >= 4 is 29.0 Å². The molecule has 0 fully saturated rings. The third-order valence-corrected chi connectivity index (χ3v) is 4.27. The molecule has 0 radical (unpaired) electrons. The van der Waals surface area contributed by atoms with Crippen LogP contribution in [-0.4, -0.2) is 10.1 Å². The highest BCUT2D eigenvalue weighted by atomic mass is 35.5. The van der Waals surface area contributed by atoms with Crippen LogP contribution in [0.5, 0.6) is 0 Å². The summed E-state index contributed by atoms with van der Waals surface area (Å²) < 4.78 is -1.21. The maximum Gasteiger partial charge on any atom is 0.173 e. The molecule has 0 aromatic carbocycles. The van der Waals surface area contributed by atoms with Gasteiger partial charge in [-0.25, -0.2) is 0 Å². The van der Waals surface area contributed by atoms with E-state index in [1.54, 1.807) is 6.92 Å². The summed E-state index contributed by atoms with van der Waals surface area (Å²) in [5, 5.41) is 0. The Balaban J connectivity index is 3.33. The average Bonchev–Trinajstić information content (AvgIpc) is 2.50. The lowest BCUT2D eigenvalue weighted by molar-refractivity contribution is -0.119. The Bertz CT molecular complexity index is 340. The molecule has 1 nitrogen and oxygen atoms in total. The number of alkyl halides is 2. The van der Waals surface area contributed by atoms with Gasteiger partial charge in [-0.05, 0) is 45.4 Å². The first-order valence-corrected chi connectivity index (χ1v) is 9.95. The fourth-order valence-electron chi connectivity index (χ4n) is 2.32. The molecule has 134 valence electrons. The molecule has 0 aliphatic carbocycles.